The average molecular weight is 252 g/mol. The molecule has 0 radical (unpaired) electrons. The summed E-state index contributed by atoms with van der Waals surface area (Å²) in [6, 6.07) is 0.472. The highest BCUT2D eigenvalue weighted by Crippen LogP contribution is 2.33. The molecule has 2 aliphatic rings. The van der Waals surface area contributed by atoms with E-state index in [1.807, 2.05) is 0 Å². The zero-order valence-electron chi connectivity index (χ0n) is 12.3. The second-order valence-electron chi connectivity index (χ2n) is 6.52. The third kappa shape index (κ3) is 2.29. The summed E-state index contributed by atoms with van der Waals surface area (Å²) in [5.41, 5.74) is -0.341. The quantitative estimate of drug-likeness (QED) is 0.837. The first-order valence-corrected chi connectivity index (χ1v) is 7.60. The van der Waals surface area contributed by atoms with Crippen molar-refractivity contribution in [3.8, 4) is 0 Å². The van der Waals surface area contributed by atoms with E-state index >= 15 is 0 Å². The van der Waals surface area contributed by atoms with Gasteiger partial charge in [0, 0.05) is 6.04 Å². The van der Waals surface area contributed by atoms with E-state index in [2.05, 4.69) is 37.9 Å². The lowest BCUT2D eigenvalue weighted by molar-refractivity contribution is -0.136. The van der Waals surface area contributed by atoms with Gasteiger partial charge in [-0.1, -0.05) is 40.0 Å². The van der Waals surface area contributed by atoms with Crippen LogP contribution in [0.3, 0.4) is 0 Å². The molecule has 1 aliphatic carbocycles. The SMILES string of the molecule is CCC1(C)NC(C(C)C)N(C2CCCCC2)C1=O. The van der Waals surface area contributed by atoms with Gasteiger partial charge >= 0.3 is 0 Å². The van der Waals surface area contributed by atoms with Gasteiger partial charge in [0.1, 0.15) is 0 Å². The minimum atomic E-state index is -0.341. The summed E-state index contributed by atoms with van der Waals surface area (Å²) in [5, 5.41) is 3.59. The topological polar surface area (TPSA) is 32.3 Å². The summed E-state index contributed by atoms with van der Waals surface area (Å²) >= 11 is 0. The van der Waals surface area contributed by atoms with E-state index in [0.717, 1.165) is 6.42 Å². The van der Waals surface area contributed by atoms with E-state index in [1.165, 1.54) is 32.1 Å². The van der Waals surface area contributed by atoms with E-state index in [-0.39, 0.29) is 11.7 Å². The fourth-order valence-electron chi connectivity index (χ4n) is 3.36. The fourth-order valence-corrected chi connectivity index (χ4v) is 3.36. The zero-order valence-corrected chi connectivity index (χ0v) is 12.3. The molecule has 1 amide bonds. The molecule has 2 rings (SSSR count). The summed E-state index contributed by atoms with van der Waals surface area (Å²) in [4.78, 5) is 14.9. The molecule has 1 heterocycles. The van der Waals surface area contributed by atoms with Crippen molar-refractivity contribution < 1.29 is 4.79 Å². The van der Waals surface area contributed by atoms with E-state index < -0.39 is 0 Å². The number of nitrogens with zero attached hydrogens (tertiary/aromatic N) is 1. The largest absolute Gasteiger partial charge is 0.322 e. The molecule has 0 aromatic rings. The number of nitrogens with one attached hydrogen (secondary N) is 1. The normalized spacial score (nSPS) is 34.6. The molecule has 1 aliphatic heterocycles. The molecule has 2 unspecified atom stereocenters. The predicted molar refractivity (Wildman–Crippen MR) is 74.2 cm³/mol. The first kappa shape index (κ1) is 13.9. The summed E-state index contributed by atoms with van der Waals surface area (Å²) in [7, 11) is 0. The molecule has 1 saturated carbocycles. The Morgan fingerprint density at radius 2 is 1.94 bits per heavy atom. The Kier molecular flexibility index (Phi) is 4.00. The first-order chi connectivity index (χ1) is 8.49. The molecule has 1 saturated heterocycles. The van der Waals surface area contributed by atoms with Crippen LogP contribution < -0.4 is 5.32 Å². The van der Waals surface area contributed by atoms with Crippen molar-refractivity contribution in [3.05, 3.63) is 0 Å². The van der Waals surface area contributed by atoms with Crippen molar-refractivity contribution in [1.29, 1.82) is 0 Å². The molecule has 18 heavy (non-hydrogen) atoms. The second-order valence-corrected chi connectivity index (χ2v) is 6.52. The lowest BCUT2D eigenvalue weighted by Crippen LogP contribution is -2.48. The molecule has 0 aromatic carbocycles. The van der Waals surface area contributed by atoms with Crippen LogP contribution in [0.2, 0.25) is 0 Å². The summed E-state index contributed by atoms with van der Waals surface area (Å²) in [5.74, 6) is 0.805. The van der Waals surface area contributed by atoms with Gasteiger partial charge in [-0.15, -0.1) is 0 Å². The summed E-state index contributed by atoms with van der Waals surface area (Å²) in [6.07, 6.45) is 7.38. The molecule has 0 aromatic heterocycles. The van der Waals surface area contributed by atoms with Crippen molar-refractivity contribution in [2.75, 3.05) is 0 Å². The van der Waals surface area contributed by atoms with Gasteiger partial charge < -0.3 is 4.90 Å². The maximum atomic E-state index is 12.7. The minimum absolute atomic E-state index is 0.227. The van der Waals surface area contributed by atoms with Crippen LogP contribution in [0.4, 0.5) is 0 Å². The van der Waals surface area contributed by atoms with E-state index in [1.54, 1.807) is 0 Å². The Balaban J connectivity index is 2.21. The van der Waals surface area contributed by atoms with Gasteiger partial charge in [-0.2, -0.15) is 0 Å². The Labute approximate surface area is 111 Å². The third-order valence-electron chi connectivity index (χ3n) is 4.78. The van der Waals surface area contributed by atoms with E-state index in [9.17, 15) is 4.79 Å². The molecule has 3 heteroatoms. The van der Waals surface area contributed by atoms with Gasteiger partial charge in [0.2, 0.25) is 5.91 Å². The predicted octanol–water partition coefficient (Wildman–Crippen LogP) is 2.90. The highest BCUT2D eigenvalue weighted by Gasteiger charge is 2.49. The number of rotatable bonds is 3. The van der Waals surface area contributed by atoms with Gasteiger partial charge in [-0.25, -0.2) is 0 Å². The van der Waals surface area contributed by atoms with Crippen LogP contribution in [0.5, 0.6) is 0 Å². The number of amides is 1. The number of hydrogen-bond donors (Lipinski definition) is 1. The van der Waals surface area contributed by atoms with Gasteiger partial charge in [0.15, 0.2) is 0 Å². The second kappa shape index (κ2) is 5.20. The van der Waals surface area contributed by atoms with Crippen LogP contribution >= 0.6 is 0 Å². The lowest BCUT2D eigenvalue weighted by Gasteiger charge is -2.36. The molecule has 2 fully saturated rings. The van der Waals surface area contributed by atoms with Crippen molar-refractivity contribution >= 4 is 5.91 Å². The Hall–Kier alpha value is -0.570. The van der Waals surface area contributed by atoms with Crippen LogP contribution in [-0.4, -0.2) is 28.6 Å². The molecule has 104 valence electrons. The van der Waals surface area contributed by atoms with Crippen LogP contribution in [0.25, 0.3) is 0 Å². The Morgan fingerprint density at radius 1 is 1.33 bits per heavy atom. The van der Waals surface area contributed by atoms with Crippen molar-refractivity contribution in [3.63, 3.8) is 0 Å². The molecule has 1 N–H and O–H groups in total. The van der Waals surface area contributed by atoms with Crippen molar-refractivity contribution in [2.45, 2.75) is 84.0 Å². The standard InChI is InChI=1S/C15H28N2O/c1-5-15(4)14(18)17(13(16-15)11(2)3)12-9-7-6-8-10-12/h11-13,16H,5-10H2,1-4H3. The monoisotopic (exact) mass is 252 g/mol. The number of hydrogen-bond acceptors (Lipinski definition) is 2. The minimum Gasteiger partial charge on any atom is -0.322 e. The molecule has 0 bridgehead atoms. The maximum absolute atomic E-state index is 12.7. The van der Waals surface area contributed by atoms with Gasteiger partial charge in [0.25, 0.3) is 0 Å². The molecular weight excluding hydrogens is 224 g/mol. The smallest absolute Gasteiger partial charge is 0.244 e. The van der Waals surface area contributed by atoms with Crippen molar-refractivity contribution in [2.24, 2.45) is 5.92 Å². The molecule has 2 atom stereocenters. The Morgan fingerprint density at radius 3 is 2.44 bits per heavy atom. The van der Waals surface area contributed by atoms with Crippen molar-refractivity contribution in [1.82, 2.24) is 10.2 Å². The van der Waals surface area contributed by atoms with Gasteiger partial charge in [-0.3, -0.25) is 10.1 Å². The molecular formula is C15H28N2O. The first-order valence-electron chi connectivity index (χ1n) is 7.60. The molecule has 0 spiro atoms. The third-order valence-corrected chi connectivity index (χ3v) is 4.78. The lowest BCUT2D eigenvalue weighted by atomic mass is 9.92. The number of carbonyl (C=O) groups excluding carboxylic acids is 1. The Bertz CT molecular complexity index is 310. The highest BCUT2D eigenvalue weighted by molar-refractivity contribution is 5.88. The van der Waals surface area contributed by atoms with Gasteiger partial charge in [0.05, 0.1) is 11.7 Å². The van der Waals surface area contributed by atoms with E-state index in [4.69, 9.17) is 0 Å². The fraction of sp³-hybridized carbons (Fsp3) is 0.933. The summed E-state index contributed by atoms with van der Waals surface area (Å²) < 4.78 is 0. The average Bonchev–Trinajstić information content (AvgIpc) is 2.64. The zero-order chi connectivity index (χ0) is 13.3. The summed E-state index contributed by atoms with van der Waals surface area (Å²) in [6.45, 7) is 8.59. The maximum Gasteiger partial charge on any atom is 0.244 e. The van der Waals surface area contributed by atoms with Crippen LogP contribution in [0.15, 0.2) is 0 Å². The number of carbonyl (C=O) groups is 1. The van der Waals surface area contributed by atoms with Crippen LogP contribution in [0, 0.1) is 5.92 Å². The highest BCUT2D eigenvalue weighted by atomic mass is 16.2. The van der Waals surface area contributed by atoms with Gasteiger partial charge in [-0.05, 0) is 32.1 Å². The molecule has 3 nitrogen and oxygen atoms in total. The van der Waals surface area contributed by atoms with Crippen LogP contribution in [-0.2, 0) is 4.79 Å². The van der Waals surface area contributed by atoms with Crippen LogP contribution in [0.1, 0.15) is 66.2 Å². The van der Waals surface area contributed by atoms with E-state index in [0.29, 0.717) is 17.9 Å².